The molecule has 3 fully saturated rings. The number of carbonyl (C=O) groups excluding carboxylic acids is 2. The Hall–Kier alpha value is -2.44. The van der Waals surface area contributed by atoms with Crippen LogP contribution >= 0.6 is 0 Å². The quantitative estimate of drug-likeness (QED) is 0.725. The maximum Gasteiger partial charge on any atom is 0.246 e. The fourth-order valence-corrected chi connectivity index (χ4v) is 8.24. The molecule has 0 saturated heterocycles. The Bertz CT molecular complexity index is 988. The van der Waals surface area contributed by atoms with E-state index in [1.807, 2.05) is 18.9 Å². The van der Waals surface area contributed by atoms with E-state index < -0.39 is 0 Å². The molecule has 4 aliphatic rings. The summed E-state index contributed by atoms with van der Waals surface area (Å²) < 4.78 is 0. The van der Waals surface area contributed by atoms with Gasteiger partial charge in [0.2, 0.25) is 11.8 Å². The summed E-state index contributed by atoms with van der Waals surface area (Å²) in [7, 11) is 1.97. The lowest BCUT2D eigenvalue weighted by atomic mass is 9.47. The van der Waals surface area contributed by atoms with Crippen molar-refractivity contribution >= 4 is 23.3 Å². The zero-order valence-corrected chi connectivity index (χ0v) is 20.3. The fraction of sp³-hybridized carbons (Fsp3) is 0.692. The van der Waals surface area contributed by atoms with Crippen LogP contribution in [0, 0.1) is 41.4 Å². The van der Waals surface area contributed by atoms with Crippen LogP contribution in [0.15, 0.2) is 18.5 Å². The molecular weight excluding hydrogens is 414 g/mol. The average Bonchev–Trinajstić information content (AvgIpc) is 3.10. The normalized spacial score (nSPS) is 39.6. The maximum atomic E-state index is 13.0. The standard InChI is InChI=1S/C26H37N5O2/c1-15-23(24(27)29-14-28-15)30-21(32)13-16-5-7-18-17-6-8-20-26(3,12-10-22(33)31(20)4)19(17)9-11-25(16,18)2/h10,12,14,16-20H,5-9,11,13H2,1-4H3,(H,30,32)(H2,27,28,29)/t16-,17?,18?,19?,20?,25-,26-/m1/s1. The van der Waals surface area contributed by atoms with Crippen molar-refractivity contribution in [1.82, 2.24) is 14.9 Å². The van der Waals surface area contributed by atoms with E-state index in [-0.39, 0.29) is 22.6 Å². The number of aromatic nitrogens is 2. The summed E-state index contributed by atoms with van der Waals surface area (Å²) in [6, 6.07) is 0.311. The second-order valence-electron chi connectivity index (χ2n) is 11.4. The van der Waals surface area contributed by atoms with E-state index in [1.165, 1.54) is 25.6 Å². The number of carbonyl (C=O) groups is 2. The molecule has 2 amide bonds. The number of amides is 2. The molecule has 7 atom stereocenters. The molecule has 1 aromatic heterocycles. The Balaban J connectivity index is 1.32. The summed E-state index contributed by atoms with van der Waals surface area (Å²) in [4.78, 5) is 35.5. The maximum absolute atomic E-state index is 13.0. The third-order valence-corrected chi connectivity index (χ3v) is 10.1. The van der Waals surface area contributed by atoms with Gasteiger partial charge in [0.1, 0.15) is 12.0 Å². The molecule has 2 heterocycles. The smallest absolute Gasteiger partial charge is 0.246 e. The summed E-state index contributed by atoms with van der Waals surface area (Å²) in [5, 5.41) is 2.99. The van der Waals surface area contributed by atoms with Crippen molar-refractivity contribution in [3.8, 4) is 0 Å². The molecular formula is C26H37N5O2. The Kier molecular flexibility index (Phi) is 5.29. The third-order valence-electron chi connectivity index (χ3n) is 10.1. The molecule has 33 heavy (non-hydrogen) atoms. The molecule has 7 heteroatoms. The predicted molar refractivity (Wildman–Crippen MR) is 128 cm³/mol. The lowest BCUT2D eigenvalue weighted by molar-refractivity contribution is -0.139. The van der Waals surface area contributed by atoms with Gasteiger partial charge in [0.25, 0.3) is 0 Å². The molecule has 0 spiro atoms. The monoisotopic (exact) mass is 451 g/mol. The zero-order chi connectivity index (χ0) is 23.5. The first-order valence-electron chi connectivity index (χ1n) is 12.5. The van der Waals surface area contributed by atoms with E-state index in [1.54, 1.807) is 6.08 Å². The number of nitrogens with zero attached hydrogens (tertiary/aromatic N) is 3. The SMILES string of the molecule is Cc1ncnc(N)c1NC(=O)C[C@H]1CCC2C3CCC4N(C)C(=O)C=C[C@]4(C)C3CC[C@@]21C. The molecule has 0 bridgehead atoms. The van der Waals surface area contributed by atoms with Gasteiger partial charge in [0, 0.05) is 24.9 Å². The Morgan fingerprint density at radius 3 is 2.73 bits per heavy atom. The number of likely N-dealkylation sites (N-methyl/N-ethyl adjacent to an activating group) is 1. The van der Waals surface area contributed by atoms with Crippen LogP contribution in [0.4, 0.5) is 11.5 Å². The number of nitrogens with one attached hydrogen (secondary N) is 1. The molecule has 3 aliphatic carbocycles. The van der Waals surface area contributed by atoms with Crippen LogP contribution in [0.5, 0.6) is 0 Å². The van der Waals surface area contributed by atoms with Crippen molar-refractivity contribution in [2.24, 2.45) is 34.5 Å². The van der Waals surface area contributed by atoms with Crippen molar-refractivity contribution in [2.75, 3.05) is 18.1 Å². The van der Waals surface area contributed by atoms with Crippen molar-refractivity contribution in [1.29, 1.82) is 0 Å². The number of fused-ring (bicyclic) bond motifs is 5. The summed E-state index contributed by atoms with van der Waals surface area (Å²) in [6.07, 6.45) is 12.9. The van der Waals surface area contributed by atoms with Crippen LogP contribution in [-0.4, -0.2) is 39.8 Å². The summed E-state index contributed by atoms with van der Waals surface area (Å²) in [5.41, 5.74) is 7.46. The number of hydrogen-bond acceptors (Lipinski definition) is 5. The first-order valence-corrected chi connectivity index (χ1v) is 12.5. The lowest BCUT2D eigenvalue weighted by Crippen LogP contribution is -2.59. The second kappa shape index (κ2) is 7.81. The third kappa shape index (κ3) is 3.38. The molecule has 7 nitrogen and oxygen atoms in total. The van der Waals surface area contributed by atoms with Gasteiger partial charge in [-0.3, -0.25) is 9.59 Å². The summed E-state index contributed by atoms with van der Waals surface area (Å²) >= 11 is 0. The van der Waals surface area contributed by atoms with Gasteiger partial charge in [0.05, 0.1) is 5.69 Å². The molecule has 1 aliphatic heterocycles. The Morgan fingerprint density at radius 1 is 1.18 bits per heavy atom. The van der Waals surface area contributed by atoms with Crippen molar-refractivity contribution in [3.63, 3.8) is 0 Å². The fourth-order valence-electron chi connectivity index (χ4n) is 8.24. The van der Waals surface area contributed by atoms with Crippen LogP contribution < -0.4 is 11.1 Å². The molecule has 5 rings (SSSR count). The van der Waals surface area contributed by atoms with Gasteiger partial charge < -0.3 is 16.0 Å². The van der Waals surface area contributed by atoms with Crippen LogP contribution in [0.25, 0.3) is 0 Å². The van der Waals surface area contributed by atoms with Gasteiger partial charge in [-0.15, -0.1) is 0 Å². The van der Waals surface area contributed by atoms with E-state index in [4.69, 9.17) is 5.73 Å². The predicted octanol–water partition coefficient (Wildman–Crippen LogP) is 3.95. The van der Waals surface area contributed by atoms with Crippen molar-refractivity contribution < 1.29 is 9.59 Å². The van der Waals surface area contributed by atoms with Gasteiger partial charge >= 0.3 is 0 Å². The van der Waals surface area contributed by atoms with Gasteiger partial charge in [-0.2, -0.15) is 0 Å². The number of nitrogen functional groups attached to an aromatic ring is 1. The van der Waals surface area contributed by atoms with Crippen LogP contribution in [-0.2, 0) is 9.59 Å². The van der Waals surface area contributed by atoms with Crippen LogP contribution in [0.3, 0.4) is 0 Å². The number of nitrogens with two attached hydrogens (primary N) is 1. The summed E-state index contributed by atoms with van der Waals surface area (Å²) in [6.45, 7) is 6.65. The van der Waals surface area contributed by atoms with Crippen molar-refractivity contribution in [2.45, 2.75) is 71.8 Å². The van der Waals surface area contributed by atoms with E-state index in [0.29, 0.717) is 53.3 Å². The van der Waals surface area contributed by atoms with Gasteiger partial charge in [-0.1, -0.05) is 19.9 Å². The minimum atomic E-state index is 0.0135. The zero-order valence-electron chi connectivity index (χ0n) is 20.3. The topological polar surface area (TPSA) is 101 Å². The van der Waals surface area contributed by atoms with E-state index in [9.17, 15) is 9.59 Å². The molecule has 1 aromatic rings. The molecule has 178 valence electrons. The molecule has 4 unspecified atom stereocenters. The van der Waals surface area contributed by atoms with Crippen LogP contribution in [0.2, 0.25) is 0 Å². The van der Waals surface area contributed by atoms with Gasteiger partial charge in [-0.05, 0) is 80.6 Å². The van der Waals surface area contributed by atoms with Crippen molar-refractivity contribution in [3.05, 3.63) is 24.2 Å². The number of rotatable bonds is 3. The summed E-state index contributed by atoms with van der Waals surface area (Å²) in [5.74, 6) is 2.78. The first kappa shape index (κ1) is 22.4. The van der Waals surface area contributed by atoms with E-state index in [0.717, 1.165) is 19.3 Å². The van der Waals surface area contributed by atoms with E-state index in [2.05, 4.69) is 35.2 Å². The number of hydrogen-bond donors (Lipinski definition) is 2. The molecule has 3 N–H and O–H groups in total. The van der Waals surface area contributed by atoms with E-state index >= 15 is 0 Å². The lowest BCUT2D eigenvalue weighted by Gasteiger charge is -2.60. The number of aryl methyl sites for hydroxylation is 1. The number of anilines is 2. The first-order chi connectivity index (χ1) is 15.6. The van der Waals surface area contributed by atoms with Crippen LogP contribution in [0.1, 0.15) is 64.5 Å². The van der Waals surface area contributed by atoms with Gasteiger partial charge in [-0.25, -0.2) is 9.97 Å². The highest BCUT2D eigenvalue weighted by atomic mass is 16.2. The minimum absolute atomic E-state index is 0.0135. The highest BCUT2D eigenvalue weighted by molar-refractivity contribution is 5.94. The average molecular weight is 452 g/mol. The van der Waals surface area contributed by atoms with Gasteiger partial charge in [0.15, 0.2) is 5.82 Å². The highest BCUT2D eigenvalue weighted by Crippen LogP contribution is 2.66. The second-order valence-corrected chi connectivity index (χ2v) is 11.4. The Labute approximate surface area is 196 Å². The largest absolute Gasteiger partial charge is 0.382 e. The molecule has 0 radical (unpaired) electrons. The Morgan fingerprint density at radius 2 is 1.97 bits per heavy atom. The molecule has 0 aromatic carbocycles. The molecule has 3 saturated carbocycles. The minimum Gasteiger partial charge on any atom is -0.382 e. The highest BCUT2D eigenvalue weighted by Gasteiger charge is 2.60.